The molecule has 0 unspecified atom stereocenters. The third kappa shape index (κ3) is 3.80. The molecule has 1 aromatic rings. The van der Waals surface area contributed by atoms with Crippen molar-refractivity contribution in [2.75, 3.05) is 30.8 Å². The van der Waals surface area contributed by atoms with Gasteiger partial charge in [0.1, 0.15) is 18.2 Å². The molecule has 1 aromatic heterocycles. The van der Waals surface area contributed by atoms with E-state index in [0.717, 1.165) is 24.7 Å². The van der Waals surface area contributed by atoms with Crippen LogP contribution in [0.3, 0.4) is 0 Å². The molecule has 19 heavy (non-hydrogen) atoms. The van der Waals surface area contributed by atoms with E-state index in [1.165, 1.54) is 19.3 Å². The van der Waals surface area contributed by atoms with Crippen LogP contribution >= 0.6 is 0 Å². The number of anilines is 2. The zero-order valence-corrected chi connectivity index (χ0v) is 12.1. The maximum Gasteiger partial charge on any atom is 0.158 e. The lowest BCUT2D eigenvalue weighted by molar-refractivity contribution is 0.177. The Morgan fingerprint density at radius 1 is 1.26 bits per heavy atom. The van der Waals surface area contributed by atoms with Crippen LogP contribution in [-0.4, -0.2) is 30.2 Å². The van der Waals surface area contributed by atoms with Crippen molar-refractivity contribution in [3.63, 3.8) is 0 Å². The summed E-state index contributed by atoms with van der Waals surface area (Å²) in [6.45, 7) is 6.64. The lowest BCUT2D eigenvalue weighted by Crippen LogP contribution is -2.33. The summed E-state index contributed by atoms with van der Waals surface area (Å²) in [5.74, 6) is 2.44. The molecule has 2 rings (SSSR count). The van der Waals surface area contributed by atoms with E-state index in [2.05, 4.69) is 34.4 Å². The van der Waals surface area contributed by atoms with Crippen molar-refractivity contribution in [1.29, 1.82) is 0 Å². The highest BCUT2D eigenvalue weighted by molar-refractivity contribution is 5.47. The maximum atomic E-state index is 5.11. The fourth-order valence-electron chi connectivity index (χ4n) is 2.31. The number of rotatable bonds is 7. The molecule has 0 aliphatic heterocycles. The SMILES string of the molecule is CCNc1cc(NCC2(C)CCC2)nc(COC)n1. The molecule has 5 nitrogen and oxygen atoms in total. The Balaban J connectivity index is 2.04. The zero-order valence-electron chi connectivity index (χ0n) is 12.1. The predicted octanol–water partition coefficient (Wildman–Crippen LogP) is 2.66. The summed E-state index contributed by atoms with van der Waals surface area (Å²) < 4.78 is 5.11. The van der Waals surface area contributed by atoms with Crippen LogP contribution in [-0.2, 0) is 11.3 Å². The summed E-state index contributed by atoms with van der Waals surface area (Å²) in [6.07, 6.45) is 3.95. The number of hydrogen-bond donors (Lipinski definition) is 2. The average Bonchev–Trinajstić information content (AvgIpc) is 2.35. The van der Waals surface area contributed by atoms with Gasteiger partial charge < -0.3 is 15.4 Å². The number of methoxy groups -OCH3 is 1. The Morgan fingerprint density at radius 3 is 2.47 bits per heavy atom. The van der Waals surface area contributed by atoms with Crippen molar-refractivity contribution < 1.29 is 4.74 Å². The summed E-state index contributed by atoms with van der Waals surface area (Å²) >= 11 is 0. The van der Waals surface area contributed by atoms with Gasteiger partial charge >= 0.3 is 0 Å². The molecule has 2 N–H and O–H groups in total. The monoisotopic (exact) mass is 264 g/mol. The number of hydrogen-bond acceptors (Lipinski definition) is 5. The normalized spacial score (nSPS) is 16.8. The van der Waals surface area contributed by atoms with Crippen LogP contribution in [0.5, 0.6) is 0 Å². The van der Waals surface area contributed by atoms with E-state index in [4.69, 9.17) is 4.74 Å². The van der Waals surface area contributed by atoms with E-state index in [0.29, 0.717) is 17.8 Å². The molecule has 1 fully saturated rings. The van der Waals surface area contributed by atoms with Gasteiger partial charge in [-0.2, -0.15) is 0 Å². The Kier molecular flexibility index (Phi) is 4.58. The molecule has 0 saturated heterocycles. The number of aromatic nitrogens is 2. The minimum atomic E-state index is 0.435. The third-order valence-electron chi connectivity index (χ3n) is 3.66. The van der Waals surface area contributed by atoms with Gasteiger partial charge in [0, 0.05) is 26.3 Å². The van der Waals surface area contributed by atoms with E-state index >= 15 is 0 Å². The average molecular weight is 264 g/mol. The van der Waals surface area contributed by atoms with Gasteiger partial charge in [0.15, 0.2) is 5.82 Å². The van der Waals surface area contributed by atoms with Gasteiger partial charge in [0.25, 0.3) is 0 Å². The van der Waals surface area contributed by atoms with Crippen molar-refractivity contribution in [3.8, 4) is 0 Å². The summed E-state index contributed by atoms with van der Waals surface area (Å²) in [5, 5.41) is 6.66. The minimum absolute atomic E-state index is 0.435. The first-order valence-electron chi connectivity index (χ1n) is 7.00. The summed E-state index contributed by atoms with van der Waals surface area (Å²) in [7, 11) is 1.66. The molecule has 1 saturated carbocycles. The lowest BCUT2D eigenvalue weighted by Gasteiger charge is -2.38. The second-order valence-electron chi connectivity index (χ2n) is 5.54. The third-order valence-corrected chi connectivity index (χ3v) is 3.66. The molecule has 0 bridgehead atoms. The van der Waals surface area contributed by atoms with E-state index in [1.54, 1.807) is 7.11 Å². The Bertz CT molecular complexity index is 394. The van der Waals surface area contributed by atoms with E-state index in [1.807, 2.05) is 6.07 Å². The zero-order chi connectivity index (χ0) is 13.7. The molecule has 1 aliphatic carbocycles. The van der Waals surface area contributed by atoms with Gasteiger partial charge in [-0.15, -0.1) is 0 Å². The van der Waals surface area contributed by atoms with Crippen LogP contribution in [0.25, 0.3) is 0 Å². The van der Waals surface area contributed by atoms with Crippen molar-refractivity contribution in [2.45, 2.75) is 39.7 Å². The fraction of sp³-hybridized carbons (Fsp3) is 0.714. The first-order valence-corrected chi connectivity index (χ1v) is 7.00. The highest BCUT2D eigenvalue weighted by atomic mass is 16.5. The first-order chi connectivity index (χ1) is 9.15. The fourth-order valence-corrected chi connectivity index (χ4v) is 2.31. The quantitative estimate of drug-likeness (QED) is 0.793. The molecule has 0 atom stereocenters. The van der Waals surface area contributed by atoms with Crippen LogP contribution < -0.4 is 10.6 Å². The summed E-state index contributed by atoms with van der Waals surface area (Å²) in [4.78, 5) is 8.88. The van der Waals surface area contributed by atoms with Gasteiger partial charge in [0.2, 0.25) is 0 Å². The summed E-state index contributed by atoms with van der Waals surface area (Å²) in [6, 6.07) is 1.96. The molecular weight excluding hydrogens is 240 g/mol. The molecule has 1 aliphatic rings. The maximum absolute atomic E-state index is 5.11. The molecule has 0 aromatic carbocycles. The highest BCUT2D eigenvalue weighted by Crippen LogP contribution is 2.40. The van der Waals surface area contributed by atoms with Crippen LogP contribution in [0.1, 0.15) is 38.9 Å². The predicted molar refractivity (Wildman–Crippen MR) is 77.4 cm³/mol. The second kappa shape index (κ2) is 6.19. The first kappa shape index (κ1) is 14.1. The Labute approximate surface area is 115 Å². The van der Waals surface area contributed by atoms with Gasteiger partial charge in [0.05, 0.1) is 0 Å². The Morgan fingerprint density at radius 2 is 1.95 bits per heavy atom. The highest BCUT2D eigenvalue weighted by Gasteiger charge is 2.31. The molecule has 0 spiro atoms. The molecule has 0 amide bonds. The van der Waals surface area contributed by atoms with Gasteiger partial charge in [-0.05, 0) is 25.2 Å². The van der Waals surface area contributed by atoms with E-state index in [9.17, 15) is 0 Å². The number of nitrogens with zero attached hydrogens (tertiary/aromatic N) is 2. The standard InChI is InChI=1S/C14H24N4O/c1-4-15-11-8-12(18-13(17-11)9-19-3)16-10-14(2)6-5-7-14/h8H,4-7,9-10H2,1-3H3,(H2,15,16,17,18). The van der Waals surface area contributed by atoms with Crippen LogP contribution in [0, 0.1) is 5.41 Å². The second-order valence-corrected chi connectivity index (χ2v) is 5.54. The molecule has 5 heteroatoms. The molecule has 106 valence electrons. The van der Waals surface area contributed by atoms with Gasteiger partial charge in [-0.25, -0.2) is 9.97 Å². The number of ether oxygens (including phenoxy) is 1. The molecule has 0 radical (unpaired) electrons. The van der Waals surface area contributed by atoms with Gasteiger partial charge in [-0.1, -0.05) is 13.3 Å². The van der Waals surface area contributed by atoms with Crippen LogP contribution in [0.15, 0.2) is 6.07 Å². The minimum Gasteiger partial charge on any atom is -0.377 e. The van der Waals surface area contributed by atoms with Crippen molar-refractivity contribution >= 4 is 11.6 Å². The lowest BCUT2D eigenvalue weighted by atomic mass is 9.70. The Hall–Kier alpha value is -1.36. The van der Waals surface area contributed by atoms with Crippen LogP contribution in [0.2, 0.25) is 0 Å². The largest absolute Gasteiger partial charge is 0.377 e. The molecule has 1 heterocycles. The number of nitrogens with one attached hydrogen (secondary N) is 2. The van der Waals surface area contributed by atoms with Crippen molar-refractivity contribution in [3.05, 3.63) is 11.9 Å². The van der Waals surface area contributed by atoms with E-state index < -0.39 is 0 Å². The van der Waals surface area contributed by atoms with Crippen molar-refractivity contribution in [2.24, 2.45) is 5.41 Å². The topological polar surface area (TPSA) is 59.1 Å². The van der Waals surface area contributed by atoms with E-state index in [-0.39, 0.29) is 0 Å². The van der Waals surface area contributed by atoms with Crippen LogP contribution in [0.4, 0.5) is 11.6 Å². The smallest absolute Gasteiger partial charge is 0.158 e. The van der Waals surface area contributed by atoms with Gasteiger partial charge in [-0.3, -0.25) is 0 Å². The molecular formula is C14H24N4O. The van der Waals surface area contributed by atoms with Crippen molar-refractivity contribution in [1.82, 2.24) is 9.97 Å². The summed E-state index contributed by atoms with van der Waals surface area (Å²) in [5.41, 5.74) is 0.435.